The molecule has 1 heterocycles. The van der Waals surface area contributed by atoms with Crippen molar-refractivity contribution in [2.24, 2.45) is 0 Å². The van der Waals surface area contributed by atoms with Crippen molar-refractivity contribution < 1.29 is 4.42 Å². The maximum Gasteiger partial charge on any atom is 0.117 e. The van der Waals surface area contributed by atoms with Crippen LogP contribution in [0.3, 0.4) is 0 Å². The highest BCUT2D eigenvalue weighted by Crippen LogP contribution is 2.05. The average molecular weight is 280 g/mol. The lowest BCUT2D eigenvalue weighted by atomic mass is 10.2. The van der Waals surface area contributed by atoms with Gasteiger partial charge in [-0.1, -0.05) is 26.7 Å². The SMILES string of the molecule is CCCCN(CCCC)CCCNCc1ccc(C)o1. The van der Waals surface area contributed by atoms with Crippen LogP contribution in [0.1, 0.15) is 57.5 Å². The standard InChI is InChI=1S/C17H32N2O/c1-4-6-12-19(13-7-5-2)14-8-11-18-15-17-10-9-16(3)20-17/h9-10,18H,4-8,11-15H2,1-3H3. The van der Waals surface area contributed by atoms with Gasteiger partial charge in [-0.3, -0.25) is 0 Å². The number of unbranched alkanes of at least 4 members (excludes halogenated alkanes) is 2. The minimum Gasteiger partial charge on any atom is -0.465 e. The highest BCUT2D eigenvalue weighted by Gasteiger charge is 2.03. The van der Waals surface area contributed by atoms with Crippen molar-refractivity contribution in [3.05, 3.63) is 23.7 Å². The number of hydrogen-bond donors (Lipinski definition) is 1. The number of furan rings is 1. The first-order chi connectivity index (χ1) is 9.76. The molecule has 0 amide bonds. The summed E-state index contributed by atoms with van der Waals surface area (Å²) in [7, 11) is 0. The van der Waals surface area contributed by atoms with Crippen LogP contribution in [0, 0.1) is 6.92 Å². The van der Waals surface area contributed by atoms with Crippen LogP contribution in [-0.4, -0.2) is 31.1 Å². The van der Waals surface area contributed by atoms with Gasteiger partial charge in [0.25, 0.3) is 0 Å². The molecule has 0 aliphatic carbocycles. The molecule has 0 saturated heterocycles. The quantitative estimate of drug-likeness (QED) is 0.587. The second-order valence-corrected chi connectivity index (χ2v) is 5.59. The number of nitrogens with one attached hydrogen (secondary N) is 1. The first kappa shape index (κ1) is 17.3. The van der Waals surface area contributed by atoms with Crippen LogP contribution in [0.4, 0.5) is 0 Å². The molecule has 0 fully saturated rings. The van der Waals surface area contributed by atoms with Crippen LogP contribution in [0.5, 0.6) is 0 Å². The molecule has 0 radical (unpaired) electrons. The topological polar surface area (TPSA) is 28.4 Å². The minimum atomic E-state index is 0.845. The molecule has 116 valence electrons. The van der Waals surface area contributed by atoms with Crippen LogP contribution in [0.15, 0.2) is 16.5 Å². The summed E-state index contributed by atoms with van der Waals surface area (Å²) in [6, 6.07) is 4.07. The van der Waals surface area contributed by atoms with Gasteiger partial charge in [-0.15, -0.1) is 0 Å². The van der Waals surface area contributed by atoms with Crippen LogP contribution in [0.2, 0.25) is 0 Å². The van der Waals surface area contributed by atoms with Crippen molar-refractivity contribution in [1.29, 1.82) is 0 Å². The number of hydrogen-bond acceptors (Lipinski definition) is 3. The Hall–Kier alpha value is -0.800. The van der Waals surface area contributed by atoms with Gasteiger partial charge in [-0.25, -0.2) is 0 Å². The molecule has 0 aromatic carbocycles. The van der Waals surface area contributed by atoms with E-state index in [0.29, 0.717) is 0 Å². The lowest BCUT2D eigenvalue weighted by Gasteiger charge is -2.21. The molecule has 0 spiro atoms. The summed E-state index contributed by atoms with van der Waals surface area (Å²) in [5, 5.41) is 3.46. The highest BCUT2D eigenvalue weighted by atomic mass is 16.3. The third-order valence-corrected chi connectivity index (χ3v) is 3.58. The summed E-state index contributed by atoms with van der Waals surface area (Å²) < 4.78 is 5.54. The Morgan fingerprint density at radius 2 is 1.65 bits per heavy atom. The minimum absolute atomic E-state index is 0.845. The Kier molecular flexibility index (Phi) is 9.42. The van der Waals surface area contributed by atoms with Crippen molar-refractivity contribution in [3.8, 4) is 0 Å². The zero-order valence-corrected chi connectivity index (χ0v) is 13.6. The van der Waals surface area contributed by atoms with Crippen molar-refractivity contribution in [1.82, 2.24) is 10.2 Å². The fraction of sp³-hybridized carbons (Fsp3) is 0.765. The second kappa shape index (κ2) is 10.9. The van der Waals surface area contributed by atoms with Crippen LogP contribution < -0.4 is 5.32 Å². The molecule has 1 N–H and O–H groups in total. The second-order valence-electron chi connectivity index (χ2n) is 5.59. The monoisotopic (exact) mass is 280 g/mol. The molecule has 3 nitrogen and oxygen atoms in total. The predicted octanol–water partition coefficient (Wildman–Crippen LogP) is 3.97. The largest absolute Gasteiger partial charge is 0.465 e. The average Bonchev–Trinajstić information content (AvgIpc) is 2.86. The number of nitrogens with zero attached hydrogens (tertiary/aromatic N) is 1. The van der Waals surface area contributed by atoms with Crippen LogP contribution >= 0.6 is 0 Å². The van der Waals surface area contributed by atoms with Crippen molar-refractivity contribution in [2.45, 2.75) is 59.4 Å². The van der Waals surface area contributed by atoms with Crippen molar-refractivity contribution in [3.63, 3.8) is 0 Å². The Bertz CT molecular complexity index is 327. The summed E-state index contributed by atoms with van der Waals surface area (Å²) >= 11 is 0. The summed E-state index contributed by atoms with van der Waals surface area (Å²) in [4.78, 5) is 2.62. The first-order valence-electron chi connectivity index (χ1n) is 8.24. The lowest BCUT2D eigenvalue weighted by molar-refractivity contribution is 0.260. The molecule has 0 bridgehead atoms. The Morgan fingerprint density at radius 3 is 2.20 bits per heavy atom. The predicted molar refractivity (Wildman–Crippen MR) is 86.0 cm³/mol. The summed E-state index contributed by atoms with van der Waals surface area (Å²) in [5.74, 6) is 2.03. The molecule has 0 aliphatic rings. The van der Waals surface area contributed by atoms with Gasteiger partial charge in [0, 0.05) is 0 Å². The van der Waals surface area contributed by atoms with E-state index in [1.165, 1.54) is 51.7 Å². The number of aryl methyl sites for hydroxylation is 1. The van der Waals surface area contributed by atoms with Crippen molar-refractivity contribution >= 4 is 0 Å². The smallest absolute Gasteiger partial charge is 0.117 e. The van der Waals surface area contributed by atoms with Gasteiger partial charge in [0.15, 0.2) is 0 Å². The van der Waals surface area contributed by atoms with E-state index in [-0.39, 0.29) is 0 Å². The Morgan fingerprint density at radius 1 is 1.00 bits per heavy atom. The molecular formula is C17H32N2O. The van der Waals surface area contributed by atoms with Gasteiger partial charge in [0.05, 0.1) is 6.54 Å². The zero-order chi connectivity index (χ0) is 14.6. The molecule has 0 aliphatic heterocycles. The fourth-order valence-electron chi connectivity index (χ4n) is 2.32. The Labute approximate surface area is 124 Å². The maximum absolute atomic E-state index is 5.54. The van der Waals surface area contributed by atoms with E-state index in [1.807, 2.05) is 13.0 Å². The lowest BCUT2D eigenvalue weighted by Crippen LogP contribution is -2.29. The molecule has 0 saturated carbocycles. The molecule has 3 heteroatoms. The van der Waals surface area contributed by atoms with E-state index in [4.69, 9.17) is 4.42 Å². The van der Waals surface area contributed by atoms with E-state index in [9.17, 15) is 0 Å². The van der Waals surface area contributed by atoms with Crippen molar-refractivity contribution in [2.75, 3.05) is 26.2 Å². The summed E-state index contributed by atoms with van der Waals surface area (Å²) in [5.41, 5.74) is 0. The van der Waals surface area contributed by atoms with Crippen LogP contribution in [-0.2, 0) is 6.54 Å². The molecule has 0 unspecified atom stereocenters. The summed E-state index contributed by atoms with van der Waals surface area (Å²) in [6.07, 6.45) is 6.44. The Balaban J connectivity index is 2.09. The van der Waals surface area contributed by atoms with Gasteiger partial charge < -0.3 is 14.6 Å². The first-order valence-corrected chi connectivity index (χ1v) is 8.24. The fourth-order valence-corrected chi connectivity index (χ4v) is 2.32. The number of rotatable bonds is 12. The van der Waals surface area contributed by atoms with E-state index >= 15 is 0 Å². The molecule has 20 heavy (non-hydrogen) atoms. The van der Waals surface area contributed by atoms with Crippen LogP contribution in [0.25, 0.3) is 0 Å². The summed E-state index contributed by atoms with van der Waals surface area (Å²) in [6.45, 7) is 12.2. The third-order valence-electron chi connectivity index (χ3n) is 3.58. The zero-order valence-electron chi connectivity index (χ0n) is 13.6. The van der Waals surface area contributed by atoms with Gasteiger partial charge in [-0.2, -0.15) is 0 Å². The maximum atomic E-state index is 5.54. The molecule has 1 aromatic heterocycles. The van der Waals surface area contributed by atoms with Gasteiger partial charge in [0.2, 0.25) is 0 Å². The van der Waals surface area contributed by atoms with E-state index in [1.54, 1.807) is 0 Å². The molecular weight excluding hydrogens is 248 g/mol. The van der Waals surface area contributed by atoms with E-state index in [2.05, 4.69) is 30.1 Å². The molecule has 1 aromatic rings. The van der Waals surface area contributed by atoms with E-state index in [0.717, 1.165) is 24.6 Å². The molecule has 0 atom stereocenters. The van der Waals surface area contributed by atoms with Gasteiger partial charge in [0.1, 0.15) is 11.5 Å². The third kappa shape index (κ3) is 7.71. The van der Waals surface area contributed by atoms with Gasteiger partial charge >= 0.3 is 0 Å². The molecule has 1 rings (SSSR count). The normalized spacial score (nSPS) is 11.4. The highest BCUT2D eigenvalue weighted by molar-refractivity contribution is 5.04. The van der Waals surface area contributed by atoms with Gasteiger partial charge in [-0.05, 0) is 64.5 Å². The van der Waals surface area contributed by atoms with E-state index < -0.39 is 0 Å².